The number of nitrogens with zero attached hydrogens (tertiary/aromatic N) is 7. The van der Waals surface area contributed by atoms with E-state index >= 15 is 0 Å². The minimum atomic E-state index is 0.301. The third kappa shape index (κ3) is 3.85. The number of aromatic nitrogens is 3. The first-order chi connectivity index (χ1) is 13.8. The number of pyridine rings is 1. The van der Waals surface area contributed by atoms with Gasteiger partial charge >= 0.3 is 0 Å². The number of hydrogen-bond acceptors (Lipinski definition) is 8. The summed E-state index contributed by atoms with van der Waals surface area (Å²) in [6.07, 6.45) is 5.72. The van der Waals surface area contributed by atoms with Crippen LogP contribution in [0.1, 0.15) is 18.4 Å². The van der Waals surface area contributed by atoms with E-state index in [0.717, 1.165) is 56.6 Å². The monoisotopic (exact) mass is 379 g/mol. The van der Waals surface area contributed by atoms with Gasteiger partial charge in [-0.05, 0) is 31.0 Å². The molecule has 0 N–H and O–H groups in total. The molecule has 146 valence electrons. The molecule has 2 aromatic rings. The van der Waals surface area contributed by atoms with Gasteiger partial charge in [0, 0.05) is 51.7 Å². The van der Waals surface area contributed by atoms with E-state index in [2.05, 4.69) is 37.8 Å². The molecule has 2 aliphatic heterocycles. The van der Waals surface area contributed by atoms with Gasteiger partial charge in [0.05, 0.1) is 18.8 Å². The zero-order valence-electron chi connectivity index (χ0n) is 16.2. The van der Waals surface area contributed by atoms with Gasteiger partial charge in [0.2, 0.25) is 5.95 Å². The Kier molecular flexibility index (Phi) is 5.53. The molecule has 2 aromatic heterocycles. The second-order valence-corrected chi connectivity index (χ2v) is 7.15. The minimum absolute atomic E-state index is 0.301. The van der Waals surface area contributed by atoms with Gasteiger partial charge in [0.15, 0.2) is 0 Å². The Morgan fingerprint density at radius 2 is 2.00 bits per heavy atom. The normalized spacial score (nSPS) is 19.9. The van der Waals surface area contributed by atoms with E-state index in [-0.39, 0.29) is 0 Å². The largest absolute Gasteiger partial charge is 0.378 e. The maximum atomic E-state index is 9.40. The summed E-state index contributed by atoms with van der Waals surface area (Å²) in [6.45, 7) is 4.80. The van der Waals surface area contributed by atoms with Crippen LogP contribution in [0.15, 0.2) is 30.6 Å². The third-order valence-electron chi connectivity index (χ3n) is 5.43. The molecule has 8 nitrogen and oxygen atoms in total. The van der Waals surface area contributed by atoms with Crippen molar-refractivity contribution in [2.45, 2.75) is 18.9 Å². The molecule has 1 atom stereocenters. The van der Waals surface area contributed by atoms with Crippen LogP contribution in [-0.4, -0.2) is 67.4 Å². The second kappa shape index (κ2) is 8.40. The van der Waals surface area contributed by atoms with Crippen LogP contribution in [-0.2, 0) is 4.74 Å². The van der Waals surface area contributed by atoms with Gasteiger partial charge in [0.1, 0.15) is 17.7 Å². The Bertz CT molecular complexity index is 846. The molecule has 1 unspecified atom stereocenters. The van der Waals surface area contributed by atoms with Crippen molar-refractivity contribution in [1.82, 2.24) is 15.0 Å². The molecule has 2 aliphatic rings. The van der Waals surface area contributed by atoms with Gasteiger partial charge in [-0.15, -0.1) is 0 Å². The zero-order valence-corrected chi connectivity index (χ0v) is 16.2. The van der Waals surface area contributed by atoms with E-state index in [1.807, 2.05) is 24.4 Å². The number of rotatable bonds is 4. The SMILES string of the molecule is CN(c1ccnc(N2CCOCC2)n1)C1CCCN(c2ncccc2C#N)C1. The van der Waals surface area contributed by atoms with Gasteiger partial charge in [0.25, 0.3) is 0 Å². The lowest BCUT2D eigenvalue weighted by Crippen LogP contribution is -2.47. The molecule has 28 heavy (non-hydrogen) atoms. The summed E-state index contributed by atoms with van der Waals surface area (Å²) < 4.78 is 5.42. The van der Waals surface area contributed by atoms with Crippen molar-refractivity contribution in [2.24, 2.45) is 0 Å². The maximum Gasteiger partial charge on any atom is 0.227 e. The Balaban J connectivity index is 1.50. The number of likely N-dealkylation sites (N-methyl/N-ethyl adjacent to an activating group) is 1. The highest BCUT2D eigenvalue weighted by molar-refractivity contribution is 5.54. The van der Waals surface area contributed by atoms with E-state index in [0.29, 0.717) is 24.8 Å². The summed E-state index contributed by atoms with van der Waals surface area (Å²) in [4.78, 5) is 20.3. The lowest BCUT2D eigenvalue weighted by molar-refractivity contribution is 0.122. The highest BCUT2D eigenvalue weighted by Crippen LogP contribution is 2.25. The first kappa shape index (κ1) is 18.4. The van der Waals surface area contributed by atoms with Crippen LogP contribution >= 0.6 is 0 Å². The predicted octanol–water partition coefficient (Wildman–Crippen LogP) is 1.69. The summed E-state index contributed by atoms with van der Waals surface area (Å²) in [5.41, 5.74) is 0.627. The molecule has 0 bridgehead atoms. The predicted molar refractivity (Wildman–Crippen MR) is 108 cm³/mol. The Hall–Kier alpha value is -2.92. The van der Waals surface area contributed by atoms with Crippen LogP contribution in [0.4, 0.5) is 17.6 Å². The molecule has 4 heterocycles. The molecule has 0 aromatic carbocycles. The zero-order chi connectivity index (χ0) is 19.3. The quantitative estimate of drug-likeness (QED) is 0.794. The van der Waals surface area contributed by atoms with Crippen LogP contribution in [0.25, 0.3) is 0 Å². The average Bonchev–Trinajstić information content (AvgIpc) is 2.79. The van der Waals surface area contributed by atoms with E-state index in [4.69, 9.17) is 9.72 Å². The highest BCUT2D eigenvalue weighted by atomic mass is 16.5. The summed E-state index contributed by atoms with van der Waals surface area (Å²) in [6, 6.07) is 8.16. The molecule has 0 spiro atoms. The van der Waals surface area contributed by atoms with Crippen molar-refractivity contribution in [3.8, 4) is 6.07 Å². The molecule has 0 amide bonds. The van der Waals surface area contributed by atoms with Crippen molar-refractivity contribution in [3.05, 3.63) is 36.2 Å². The second-order valence-electron chi connectivity index (χ2n) is 7.15. The van der Waals surface area contributed by atoms with Gasteiger partial charge in [-0.25, -0.2) is 9.97 Å². The van der Waals surface area contributed by atoms with E-state index in [1.54, 1.807) is 6.20 Å². The van der Waals surface area contributed by atoms with Crippen molar-refractivity contribution >= 4 is 17.6 Å². The van der Waals surface area contributed by atoms with E-state index < -0.39 is 0 Å². The molecule has 2 fully saturated rings. The minimum Gasteiger partial charge on any atom is -0.378 e. The summed E-state index contributed by atoms with van der Waals surface area (Å²) in [7, 11) is 2.09. The highest BCUT2D eigenvalue weighted by Gasteiger charge is 2.26. The lowest BCUT2D eigenvalue weighted by Gasteiger charge is -2.39. The molecule has 0 aliphatic carbocycles. The first-order valence-electron chi connectivity index (χ1n) is 9.75. The number of ether oxygens (including phenoxy) is 1. The van der Waals surface area contributed by atoms with Crippen molar-refractivity contribution in [2.75, 3.05) is 61.1 Å². The number of morpholine rings is 1. The molecular formula is C20H25N7O. The Labute approximate surface area is 165 Å². The van der Waals surface area contributed by atoms with Gasteiger partial charge in [-0.1, -0.05) is 0 Å². The fraction of sp³-hybridized carbons (Fsp3) is 0.500. The number of hydrogen-bond donors (Lipinski definition) is 0. The fourth-order valence-corrected chi connectivity index (χ4v) is 3.84. The van der Waals surface area contributed by atoms with Crippen LogP contribution in [0.5, 0.6) is 0 Å². The van der Waals surface area contributed by atoms with Crippen LogP contribution < -0.4 is 14.7 Å². The van der Waals surface area contributed by atoms with Gasteiger partial charge in [-0.3, -0.25) is 0 Å². The summed E-state index contributed by atoms with van der Waals surface area (Å²) in [5.74, 6) is 2.46. The Morgan fingerprint density at radius 1 is 1.14 bits per heavy atom. The average molecular weight is 379 g/mol. The number of nitriles is 1. The lowest BCUT2D eigenvalue weighted by atomic mass is 10.0. The van der Waals surface area contributed by atoms with E-state index in [1.165, 1.54) is 0 Å². The Morgan fingerprint density at radius 3 is 2.82 bits per heavy atom. The maximum absolute atomic E-state index is 9.40. The number of anilines is 3. The van der Waals surface area contributed by atoms with E-state index in [9.17, 15) is 5.26 Å². The smallest absolute Gasteiger partial charge is 0.227 e. The molecule has 2 saturated heterocycles. The first-order valence-corrected chi connectivity index (χ1v) is 9.75. The third-order valence-corrected chi connectivity index (χ3v) is 5.43. The molecular weight excluding hydrogens is 354 g/mol. The molecule has 0 saturated carbocycles. The van der Waals surface area contributed by atoms with Gasteiger partial charge in [-0.2, -0.15) is 10.2 Å². The summed E-state index contributed by atoms with van der Waals surface area (Å²) in [5, 5.41) is 9.40. The van der Waals surface area contributed by atoms with Crippen molar-refractivity contribution < 1.29 is 4.74 Å². The number of piperidine rings is 1. The van der Waals surface area contributed by atoms with Crippen LogP contribution in [0, 0.1) is 11.3 Å². The van der Waals surface area contributed by atoms with Crippen molar-refractivity contribution in [1.29, 1.82) is 5.26 Å². The topological polar surface area (TPSA) is 81.4 Å². The molecule has 8 heteroatoms. The van der Waals surface area contributed by atoms with Crippen molar-refractivity contribution in [3.63, 3.8) is 0 Å². The molecule has 0 radical (unpaired) electrons. The standard InChI is InChI=1S/C20H25N7O/c1-25(18-6-8-23-20(24-18)26-10-12-28-13-11-26)17-5-3-9-27(15-17)19-16(14-21)4-2-7-22-19/h2,4,6-8,17H,3,5,9-13,15H2,1H3. The van der Waals surface area contributed by atoms with Gasteiger partial charge < -0.3 is 19.4 Å². The molecule has 4 rings (SSSR count). The summed E-state index contributed by atoms with van der Waals surface area (Å²) >= 11 is 0. The van der Waals surface area contributed by atoms with Crippen LogP contribution in [0.3, 0.4) is 0 Å². The fourth-order valence-electron chi connectivity index (χ4n) is 3.84. The van der Waals surface area contributed by atoms with Crippen LogP contribution in [0.2, 0.25) is 0 Å².